The fourth-order valence-corrected chi connectivity index (χ4v) is 4.35. The molecule has 0 atom stereocenters. The second kappa shape index (κ2) is 9.36. The van der Waals surface area contributed by atoms with E-state index in [2.05, 4.69) is 26.7 Å². The first-order valence-corrected chi connectivity index (χ1v) is 10.8. The van der Waals surface area contributed by atoms with Gasteiger partial charge in [-0.2, -0.15) is 0 Å². The van der Waals surface area contributed by atoms with Crippen LogP contribution in [0.15, 0.2) is 53.4 Å². The number of hydrogen-bond acceptors (Lipinski definition) is 5. The van der Waals surface area contributed by atoms with E-state index >= 15 is 0 Å². The van der Waals surface area contributed by atoms with E-state index in [1.54, 1.807) is 7.11 Å². The first-order valence-electron chi connectivity index (χ1n) is 9.34. The van der Waals surface area contributed by atoms with E-state index in [0.717, 1.165) is 44.5 Å². The van der Waals surface area contributed by atoms with E-state index in [0.29, 0.717) is 13.0 Å². The van der Waals surface area contributed by atoms with E-state index in [9.17, 15) is 12.8 Å². The van der Waals surface area contributed by atoms with Crippen molar-refractivity contribution in [2.24, 2.45) is 0 Å². The van der Waals surface area contributed by atoms with Crippen LogP contribution in [0.25, 0.3) is 0 Å². The average molecular weight is 408 g/mol. The smallest absolute Gasteiger partial charge is 0.240 e. The number of ether oxygens (including phenoxy) is 1. The number of hydrogen-bond donors (Lipinski definition) is 1. The molecule has 1 N–H and O–H groups in total. The summed E-state index contributed by atoms with van der Waals surface area (Å²) in [5.41, 5.74) is 1.18. The minimum absolute atomic E-state index is 0.0411. The lowest BCUT2D eigenvalue weighted by atomic mass is 10.2. The summed E-state index contributed by atoms with van der Waals surface area (Å²) in [5, 5.41) is 0. The fourth-order valence-electron chi connectivity index (χ4n) is 3.25. The van der Waals surface area contributed by atoms with E-state index in [4.69, 9.17) is 4.74 Å². The van der Waals surface area contributed by atoms with E-state index < -0.39 is 15.8 Å². The number of nitrogens with zero attached hydrogens (tertiary/aromatic N) is 2. The van der Waals surface area contributed by atoms with Gasteiger partial charge < -0.3 is 9.64 Å². The topological polar surface area (TPSA) is 61.9 Å². The van der Waals surface area contributed by atoms with Crippen LogP contribution in [0.5, 0.6) is 5.75 Å². The van der Waals surface area contributed by atoms with Crippen molar-refractivity contribution in [3.8, 4) is 5.75 Å². The molecule has 1 aliphatic heterocycles. The number of piperazine rings is 1. The lowest BCUT2D eigenvalue weighted by Gasteiger charge is -2.36. The average Bonchev–Trinajstić information content (AvgIpc) is 2.72. The Morgan fingerprint density at radius 3 is 2.43 bits per heavy atom. The van der Waals surface area contributed by atoms with Gasteiger partial charge in [0.1, 0.15) is 11.6 Å². The highest BCUT2D eigenvalue weighted by Gasteiger charge is 2.18. The summed E-state index contributed by atoms with van der Waals surface area (Å²) in [5.74, 6) is 0.292. The van der Waals surface area contributed by atoms with Gasteiger partial charge >= 0.3 is 0 Å². The van der Waals surface area contributed by atoms with Crippen molar-refractivity contribution >= 4 is 15.7 Å². The fraction of sp³-hybridized carbons (Fsp3) is 0.400. The van der Waals surface area contributed by atoms with Crippen molar-refractivity contribution in [3.63, 3.8) is 0 Å². The molecule has 1 fully saturated rings. The van der Waals surface area contributed by atoms with Crippen molar-refractivity contribution in [3.05, 3.63) is 54.3 Å². The highest BCUT2D eigenvalue weighted by atomic mass is 32.2. The van der Waals surface area contributed by atoms with Gasteiger partial charge in [0.25, 0.3) is 0 Å². The molecule has 6 nitrogen and oxygen atoms in total. The minimum atomic E-state index is -3.66. The Morgan fingerprint density at radius 1 is 1.07 bits per heavy atom. The van der Waals surface area contributed by atoms with Crippen molar-refractivity contribution in [1.29, 1.82) is 0 Å². The van der Waals surface area contributed by atoms with Crippen LogP contribution < -0.4 is 14.4 Å². The number of nitrogens with one attached hydrogen (secondary N) is 1. The molecule has 0 amide bonds. The largest absolute Gasteiger partial charge is 0.497 e. The van der Waals surface area contributed by atoms with Crippen LogP contribution in [-0.2, 0) is 10.0 Å². The van der Waals surface area contributed by atoms with Gasteiger partial charge in [-0.15, -0.1) is 0 Å². The van der Waals surface area contributed by atoms with E-state index in [-0.39, 0.29) is 4.90 Å². The molecule has 8 heteroatoms. The van der Waals surface area contributed by atoms with Gasteiger partial charge in [-0.05, 0) is 55.4 Å². The van der Waals surface area contributed by atoms with Crippen LogP contribution in [0.1, 0.15) is 6.42 Å². The molecule has 0 aliphatic carbocycles. The third kappa shape index (κ3) is 5.43. The number of halogens is 1. The molecule has 0 radical (unpaired) electrons. The van der Waals surface area contributed by atoms with Crippen LogP contribution in [0.4, 0.5) is 10.1 Å². The zero-order chi connectivity index (χ0) is 20.0. The standard InChI is InChI=1S/C20H26FN3O3S/c1-27-19-8-6-18(7-9-19)24-14-12-23(13-15-24)11-3-10-22-28(25,26)20-5-2-4-17(21)16-20/h2,4-9,16,22H,3,10-15H2,1H3. The summed E-state index contributed by atoms with van der Waals surface area (Å²) < 4.78 is 45.3. The third-order valence-corrected chi connectivity index (χ3v) is 6.32. The molecular weight excluding hydrogens is 381 g/mol. The van der Waals surface area contributed by atoms with E-state index in [1.165, 1.54) is 23.9 Å². The molecule has 2 aromatic rings. The molecule has 152 valence electrons. The van der Waals surface area contributed by atoms with Crippen molar-refractivity contribution in [2.75, 3.05) is 51.3 Å². The zero-order valence-corrected chi connectivity index (χ0v) is 16.8. The molecule has 0 saturated carbocycles. The van der Waals surface area contributed by atoms with Crippen molar-refractivity contribution in [2.45, 2.75) is 11.3 Å². The Morgan fingerprint density at radius 2 is 1.79 bits per heavy atom. The Hall–Kier alpha value is -2.16. The Bertz CT molecular complexity index is 867. The van der Waals surface area contributed by atoms with Crippen molar-refractivity contribution in [1.82, 2.24) is 9.62 Å². The first-order chi connectivity index (χ1) is 13.5. The highest BCUT2D eigenvalue weighted by Crippen LogP contribution is 2.20. The molecule has 3 rings (SSSR count). The van der Waals surface area contributed by atoms with Gasteiger partial charge in [0.15, 0.2) is 0 Å². The maximum Gasteiger partial charge on any atom is 0.240 e. The summed E-state index contributed by atoms with van der Waals surface area (Å²) in [4.78, 5) is 4.62. The molecule has 0 spiro atoms. The number of anilines is 1. The number of methoxy groups -OCH3 is 1. The lowest BCUT2D eigenvalue weighted by Crippen LogP contribution is -2.47. The second-order valence-electron chi connectivity index (χ2n) is 6.74. The first kappa shape index (κ1) is 20.6. The van der Waals surface area contributed by atoms with Gasteiger partial charge in [0.05, 0.1) is 12.0 Å². The lowest BCUT2D eigenvalue weighted by molar-refractivity contribution is 0.255. The maximum atomic E-state index is 13.2. The van der Waals surface area contributed by atoms with Gasteiger partial charge in [-0.1, -0.05) is 6.07 Å². The Balaban J connectivity index is 1.39. The summed E-state index contributed by atoms with van der Waals surface area (Å²) >= 11 is 0. The van der Waals surface area contributed by atoms with Gasteiger partial charge in [-0.3, -0.25) is 4.90 Å². The van der Waals surface area contributed by atoms with Crippen LogP contribution in [0.2, 0.25) is 0 Å². The molecule has 0 bridgehead atoms. The molecule has 2 aromatic carbocycles. The SMILES string of the molecule is COc1ccc(N2CCN(CCCNS(=O)(=O)c3cccc(F)c3)CC2)cc1. The van der Waals surface area contributed by atoms with Gasteiger partial charge in [0, 0.05) is 38.4 Å². The molecule has 0 unspecified atom stereocenters. The summed E-state index contributed by atoms with van der Waals surface area (Å²) in [6.07, 6.45) is 0.705. The van der Waals surface area contributed by atoms with Crippen LogP contribution >= 0.6 is 0 Å². The summed E-state index contributed by atoms with van der Waals surface area (Å²) in [7, 11) is -2.00. The second-order valence-corrected chi connectivity index (χ2v) is 8.50. The number of sulfonamides is 1. The van der Waals surface area contributed by atoms with Crippen LogP contribution in [0.3, 0.4) is 0 Å². The monoisotopic (exact) mass is 407 g/mol. The summed E-state index contributed by atoms with van der Waals surface area (Å²) in [6, 6.07) is 13.1. The number of rotatable bonds is 8. The molecule has 0 aromatic heterocycles. The molecule has 1 saturated heterocycles. The number of benzene rings is 2. The Labute approximate surface area is 166 Å². The predicted octanol–water partition coefficient (Wildman–Crippen LogP) is 2.32. The molecular formula is C20H26FN3O3S. The quantitative estimate of drug-likeness (QED) is 0.681. The molecule has 1 heterocycles. The normalized spacial score (nSPS) is 15.6. The molecule has 28 heavy (non-hydrogen) atoms. The van der Waals surface area contributed by atoms with Crippen molar-refractivity contribution < 1.29 is 17.5 Å². The van der Waals surface area contributed by atoms with Gasteiger partial charge in [0.2, 0.25) is 10.0 Å². The zero-order valence-electron chi connectivity index (χ0n) is 16.0. The van der Waals surface area contributed by atoms with Crippen LogP contribution in [-0.4, -0.2) is 59.7 Å². The van der Waals surface area contributed by atoms with Crippen LogP contribution in [0, 0.1) is 5.82 Å². The highest BCUT2D eigenvalue weighted by molar-refractivity contribution is 7.89. The summed E-state index contributed by atoms with van der Waals surface area (Å²) in [6.45, 7) is 4.88. The maximum absolute atomic E-state index is 13.2. The predicted molar refractivity (Wildman–Crippen MR) is 108 cm³/mol. The van der Waals surface area contributed by atoms with Gasteiger partial charge in [-0.25, -0.2) is 17.5 Å². The third-order valence-electron chi connectivity index (χ3n) is 4.86. The minimum Gasteiger partial charge on any atom is -0.497 e. The Kier molecular flexibility index (Phi) is 6.88. The molecule has 1 aliphatic rings. The van der Waals surface area contributed by atoms with E-state index in [1.807, 2.05) is 12.1 Å².